The van der Waals surface area contributed by atoms with Crippen LogP contribution in [0.3, 0.4) is 0 Å². The predicted octanol–water partition coefficient (Wildman–Crippen LogP) is 4.86. The molecule has 0 radical (unpaired) electrons. The van der Waals surface area contributed by atoms with E-state index in [9.17, 15) is 4.79 Å². The quantitative estimate of drug-likeness (QED) is 0.715. The molecule has 2 rings (SSSR count). The van der Waals surface area contributed by atoms with Gasteiger partial charge in [-0.1, -0.05) is 61.2 Å². The molecule has 4 heteroatoms. The van der Waals surface area contributed by atoms with E-state index in [4.69, 9.17) is 4.74 Å². The van der Waals surface area contributed by atoms with E-state index in [1.54, 1.807) is 0 Å². The standard InChI is InChI=1S/C19H28BrNO2/c1-13(2)17(19(22)23-3)21-18(14-7-5-4-6-8-14)15-9-11-16(20)12-10-15/h9-14,17-18,21H,4-8H2,1-3H3/t17-,18?/m0/s1. The fourth-order valence-corrected chi connectivity index (χ4v) is 3.76. The van der Waals surface area contributed by atoms with E-state index >= 15 is 0 Å². The van der Waals surface area contributed by atoms with Crippen LogP contribution in [0.25, 0.3) is 0 Å². The van der Waals surface area contributed by atoms with Gasteiger partial charge in [0.2, 0.25) is 0 Å². The number of hydrogen-bond acceptors (Lipinski definition) is 3. The van der Waals surface area contributed by atoms with Crippen molar-refractivity contribution >= 4 is 21.9 Å². The van der Waals surface area contributed by atoms with Gasteiger partial charge in [0.05, 0.1) is 7.11 Å². The lowest BCUT2D eigenvalue weighted by Gasteiger charge is -2.35. The summed E-state index contributed by atoms with van der Waals surface area (Å²) in [4.78, 5) is 12.2. The van der Waals surface area contributed by atoms with Crippen molar-refractivity contribution in [2.45, 2.75) is 58.0 Å². The SMILES string of the molecule is COC(=O)[C@@H](NC(c1ccc(Br)cc1)C1CCCCC1)C(C)C. The Kier molecular flexibility index (Phi) is 7.09. The topological polar surface area (TPSA) is 38.3 Å². The Balaban J connectivity index is 2.24. The fraction of sp³-hybridized carbons (Fsp3) is 0.632. The monoisotopic (exact) mass is 381 g/mol. The Hall–Kier alpha value is -0.870. The second kappa shape index (κ2) is 8.84. The maximum Gasteiger partial charge on any atom is 0.323 e. The molecule has 0 spiro atoms. The van der Waals surface area contributed by atoms with Crippen molar-refractivity contribution in [2.75, 3.05) is 7.11 Å². The van der Waals surface area contributed by atoms with Gasteiger partial charge in [0.25, 0.3) is 0 Å². The minimum absolute atomic E-state index is 0.169. The van der Waals surface area contributed by atoms with E-state index in [-0.39, 0.29) is 24.0 Å². The molecule has 1 aliphatic rings. The summed E-state index contributed by atoms with van der Waals surface area (Å²) in [5.41, 5.74) is 1.26. The van der Waals surface area contributed by atoms with Crippen molar-refractivity contribution in [3.63, 3.8) is 0 Å². The Morgan fingerprint density at radius 3 is 2.30 bits per heavy atom. The fourth-order valence-electron chi connectivity index (χ4n) is 3.50. The summed E-state index contributed by atoms with van der Waals surface area (Å²) in [7, 11) is 1.47. The maximum atomic E-state index is 12.2. The molecule has 0 aromatic heterocycles. The first-order chi connectivity index (χ1) is 11.0. The number of esters is 1. The van der Waals surface area contributed by atoms with E-state index in [1.165, 1.54) is 44.8 Å². The molecule has 0 amide bonds. The summed E-state index contributed by atoms with van der Waals surface area (Å²) in [6.45, 7) is 4.13. The summed E-state index contributed by atoms with van der Waals surface area (Å²) < 4.78 is 6.09. The first kappa shape index (κ1) is 18.5. The highest BCUT2D eigenvalue weighted by Gasteiger charge is 2.31. The van der Waals surface area contributed by atoms with Gasteiger partial charge in [-0.25, -0.2) is 0 Å². The predicted molar refractivity (Wildman–Crippen MR) is 97.2 cm³/mol. The van der Waals surface area contributed by atoms with Crippen LogP contribution in [0.2, 0.25) is 0 Å². The van der Waals surface area contributed by atoms with Gasteiger partial charge >= 0.3 is 5.97 Å². The lowest BCUT2D eigenvalue weighted by Crippen LogP contribution is -2.45. The molecule has 1 aromatic rings. The first-order valence-corrected chi connectivity index (χ1v) is 9.41. The number of rotatable bonds is 6. The first-order valence-electron chi connectivity index (χ1n) is 8.62. The molecule has 0 aliphatic heterocycles. The molecule has 1 aliphatic carbocycles. The third-order valence-corrected chi connectivity index (χ3v) is 5.36. The van der Waals surface area contributed by atoms with E-state index in [0.29, 0.717) is 5.92 Å². The van der Waals surface area contributed by atoms with Crippen molar-refractivity contribution in [1.82, 2.24) is 5.32 Å². The highest BCUT2D eigenvalue weighted by Crippen LogP contribution is 2.35. The van der Waals surface area contributed by atoms with E-state index in [0.717, 1.165) is 4.47 Å². The van der Waals surface area contributed by atoms with Crippen LogP contribution in [0.4, 0.5) is 0 Å². The van der Waals surface area contributed by atoms with Crippen LogP contribution in [0.5, 0.6) is 0 Å². The van der Waals surface area contributed by atoms with Gasteiger partial charge in [-0.2, -0.15) is 0 Å². The molecule has 1 saturated carbocycles. The highest BCUT2D eigenvalue weighted by molar-refractivity contribution is 9.10. The van der Waals surface area contributed by atoms with Gasteiger partial charge in [0.15, 0.2) is 0 Å². The molecular formula is C19H28BrNO2. The van der Waals surface area contributed by atoms with Crippen molar-refractivity contribution in [3.8, 4) is 0 Å². The zero-order valence-electron chi connectivity index (χ0n) is 14.3. The summed E-state index contributed by atoms with van der Waals surface area (Å²) in [6, 6.07) is 8.41. The molecule has 2 atom stereocenters. The summed E-state index contributed by atoms with van der Waals surface area (Å²) in [5, 5.41) is 3.62. The zero-order chi connectivity index (χ0) is 16.8. The smallest absolute Gasteiger partial charge is 0.323 e. The number of carbonyl (C=O) groups is 1. The van der Waals surface area contributed by atoms with Gasteiger partial charge in [-0.3, -0.25) is 10.1 Å². The second-order valence-electron chi connectivity index (χ2n) is 6.84. The van der Waals surface area contributed by atoms with Crippen molar-refractivity contribution in [2.24, 2.45) is 11.8 Å². The largest absolute Gasteiger partial charge is 0.468 e. The van der Waals surface area contributed by atoms with Gasteiger partial charge in [-0.15, -0.1) is 0 Å². The normalized spacial score (nSPS) is 18.7. The van der Waals surface area contributed by atoms with E-state index < -0.39 is 0 Å². The van der Waals surface area contributed by atoms with Crippen molar-refractivity contribution in [3.05, 3.63) is 34.3 Å². The summed E-state index contributed by atoms with van der Waals surface area (Å²) >= 11 is 3.50. The van der Waals surface area contributed by atoms with Crippen LogP contribution < -0.4 is 5.32 Å². The molecule has 23 heavy (non-hydrogen) atoms. The summed E-state index contributed by atoms with van der Waals surface area (Å²) in [6.07, 6.45) is 6.33. The number of carbonyl (C=O) groups excluding carboxylic acids is 1. The number of methoxy groups -OCH3 is 1. The molecule has 0 heterocycles. The highest BCUT2D eigenvalue weighted by atomic mass is 79.9. The van der Waals surface area contributed by atoms with Crippen LogP contribution in [0.15, 0.2) is 28.7 Å². The van der Waals surface area contributed by atoms with E-state index in [1.807, 2.05) is 0 Å². The number of nitrogens with one attached hydrogen (secondary N) is 1. The number of halogens is 1. The van der Waals surface area contributed by atoms with Crippen LogP contribution in [-0.2, 0) is 9.53 Å². The molecule has 1 aromatic carbocycles. The average molecular weight is 382 g/mol. The van der Waals surface area contributed by atoms with E-state index in [2.05, 4.69) is 59.4 Å². The Labute approximate surface area is 148 Å². The number of ether oxygens (including phenoxy) is 1. The minimum atomic E-state index is -0.268. The van der Waals surface area contributed by atoms with Crippen LogP contribution in [-0.4, -0.2) is 19.1 Å². The molecular weight excluding hydrogens is 354 g/mol. The minimum Gasteiger partial charge on any atom is -0.468 e. The number of hydrogen-bond donors (Lipinski definition) is 1. The van der Waals surface area contributed by atoms with Crippen molar-refractivity contribution < 1.29 is 9.53 Å². The summed E-state index contributed by atoms with van der Waals surface area (Å²) in [5.74, 6) is 0.609. The zero-order valence-corrected chi connectivity index (χ0v) is 15.9. The molecule has 1 unspecified atom stereocenters. The van der Waals surface area contributed by atoms with Gasteiger partial charge in [0, 0.05) is 10.5 Å². The van der Waals surface area contributed by atoms with Gasteiger partial charge in [0.1, 0.15) is 6.04 Å². The maximum absolute atomic E-state index is 12.2. The average Bonchev–Trinajstić information content (AvgIpc) is 2.57. The molecule has 0 bridgehead atoms. The molecule has 0 saturated heterocycles. The van der Waals surface area contributed by atoms with Gasteiger partial charge in [-0.05, 0) is 42.4 Å². The lowest BCUT2D eigenvalue weighted by molar-refractivity contribution is -0.144. The van der Waals surface area contributed by atoms with Crippen molar-refractivity contribution in [1.29, 1.82) is 0 Å². The Morgan fingerprint density at radius 2 is 1.78 bits per heavy atom. The molecule has 1 N–H and O–H groups in total. The van der Waals surface area contributed by atoms with Crippen LogP contribution in [0.1, 0.15) is 57.6 Å². The lowest BCUT2D eigenvalue weighted by atomic mass is 9.80. The molecule has 128 valence electrons. The molecule has 1 fully saturated rings. The Morgan fingerprint density at radius 1 is 1.17 bits per heavy atom. The third-order valence-electron chi connectivity index (χ3n) is 4.83. The Bertz CT molecular complexity index is 495. The van der Waals surface area contributed by atoms with Gasteiger partial charge < -0.3 is 4.74 Å². The molecule has 3 nitrogen and oxygen atoms in total. The third kappa shape index (κ3) is 5.05. The second-order valence-corrected chi connectivity index (χ2v) is 7.75. The van der Waals surface area contributed by atoms with Crippen LogP contribution >= 0.6 is 15.9 Å². The number of benzene rings is 1. The van der Waals surface area contributed by atoms with Crippen LogP contribution in [0, 0.1) is 11.8 Å².